The Hall–Kier alpha value is -1.21. The van der Waals surface area contributed by atoms with Crippen LogP contribution in [0.1, 0.15) is 31.2 Å². The van der Waals surface area contributed by atoms with Crippen LogP contribution in [0.25, 0.3) is 0 Å². The van der Waals surface area contributed by atoms with Crippen molar-refractivity contribution >= 4 is 0 Å². The SMILES string of the molecule is CCCCn1nc(C(F)(F)F)cc1C(F)(F)F. The number of aromatic nitrogens is 2. The first kappa shape index (κ1) is 13.9. The second-order valence-electron chi connectivity index (χ2n) is 3.49. The lowest BCUT2D eigenvalue weighted by molar-refractivity contribution is -0.144. The van der Waals surface area contributed by atoms with Crippen molar-refractivity contribution in [2.45, 2.75) is 38.7 Å². The van der Waals surface area contributed by atoms with Gasteiger partial charge in [0.2, 0.25) is 0 Å². The van der Waals surface area contributed by atoms with E-state index in [1.807, 2.05) is 0 Å². The number of nitrogens with zero attached hydrogens (tertiary/aromatic N) is 2. The van der Waals surface area contributed by atoms with Crippen LogP contribution in [0, 0.1) is 0 Å². The molecule has 1 aromatic heterocycles. The minimum absolute atomic E-state index is 0.0374. The van der Waals surface area contributed by atoms with Gasteiger partial charge in [0.1, 0.15) is 5.69 Å². The lowest BCUT2D eigenvalue weighted by Gasteiger charge is -2.09. The van der Waals surface area contributed by atoms with Gasteiger partial charge in [-0.1, -0.05) is 13.3 Å². The quantitative estimate of drug-likeness (QED) is 0.757. The molecule has 0 unspecified atom stereocenters. The second-order valence-corrected chi connectivity index (χ2v) is 3.49. The van der Waals surface area contributed by atoms with E-state index >= 15 is 0 Å². The third kappa shape index (κ3) is 3.37. The first-order valence-electron chi connectivity index (χ1n) is 4.88. The summed E-state index contributed by atoms with van der Waals surface area (Å²) in [7, 11) is 0. The largest absolute Gasteiger partial charge is 0.435 e. The van der Waals surface area contributed by atoms with Crippen molar-refractivity contribution in [2.24, 2.45) is 0 Å². The third-order valence-electron chi connectivity index (χ3n) is 2.08. The molecule has 0 N–H and O–H groups in total. The molecule has 0 aliphatic heterocycles. The van der Waals surface area contributed by atoms with Crippen LogP contribution in [0.15, 0.2) is 6.07 Å². The molecule has 8 heteroatoms. The van der Waals surface area contributed by atoms with Crippen LogP contribution in [0.4, 0.5) is 26.3 Å². The molecule has 2 nitrogen and oxygen atoms in total. The number of unbranched alkanes of at least 4 members (excludes halogenated alkanes) is 1. The topological polar surface area (TPSA) is 17.8 Å². The van der Waals surface area contributed by atoms with Gasteiger partial charge in [0.25, 0.3) is 0 Å². The fourth-order valence-electron chi connectivity index (χ4n) is 1.26. The molecule has 1 aromatic rings. The smallest absolute Gasteiger partial charge is 0.260 e. The lowest BCUT2D eigenvalue weighted by Crippen LogP contribution is -2.14. The predicted octanol–water partition coefficient (Wildman–Crippen LogP) is 3.72. The van der Waals surface area contributed by atoms with Gasteiger partial charge in [-0.3, -0.25) is 4.68 Å². The Kier molecular flexibility index (Phi) is 3.73. The Morgan fingerprint density at radius 1 is 1.12 bits per heavy atom. The van der Waals surface area contributed by atoms with Crippen molar-refractivity contribution in [3.05, 3.63) is 17.5 Å². The second kappa shape index (κ2) is 4.58. The summed E-state index contributed by atoms with van der Waals surface area (Å²) in [6.07, 6.45) is -8.79. The van der Waals surface area contributed by atoms with Gasteiger partial charge in [0.05, 0.1) is 0 Å². The van der Waals surface area contributed by atoms with Gasteiger partial charge >= 0.3 is 12.4 Å². The first-order valence-corrected chi connectivity index (χ1v) is 4.88. The number of halogens is 6. The molecule has 0 radical (unpaired) electrons. The van der Waals surface area contributed by atoms with Gasteiger partial charge < -0.3 is 0 Å². The van der Waals surface area contributed by atoms with Crippen LogP contribution < -0.4 is 0 Å². The molecule has 1 rings (SSSR count). The summed E-state index contributed by atoms with van der Waals surface area (Å²) >= 11 is 0. The van der Waals surface area contributed by atoms with E-state index in [0.29, 0.717) is 17.5 Å². The van der Waals surface area contributed by atoms with E-state index in [9.17, 15) is 26.3 Å². The summed E-state index contributed by atoms with van der Waals surface area (Å²) in [5.41, 5.74) is -2.88. The van der Waals surface area contributed by atoms with Crippen molar-refractivity contribution in [1.29, 1.82) is 0 Å². The molecule has 0 aliphatic rings. The van der Waals surface area contributed by atoms with Crippen LogP contribution >= 0.6 is 0 Å². The van der Waals surface area contributed by atoms with E-state index in [1.165, 1.54) is 0 Å². The highest BCUT2D eigenvalue weighted by Crippen LogP contribution is 2.35. The fraction of sp³-hybridized carbons (Fsp3) is 0.667. The molecule has 0 atom stereocenters. The van der Waals surface area contributed by atoms with E-state index < -0.39 is 23.7 Å². The van der Waals surface area contributed by atoms with E-state index in [1.54, 1.807) is 6.92 Å². The maximum Gasteiger partial charge on any atom is 0.435 e. The summed E-state index contributed by atoms with van der Waals surface area (Å²) in [4.78, 5) is 0. The van der Waals surface area contributed by atoms with Crippen LogP contribution in [0.5, 0.6) is 0 Å². The molecule has 0 aliphatic carbocycles. The van der Waals surface area contributed by atoms with Gasteiger partial charge in [-0.05, 0) is 6.42 Å². The normalized spacial score (nSPS) is 13.1. The van der Waals surface area contributed by atoms with Crippen molar-refractivity contribution in [2.75, 3.05) is 0 Å². The molecule has 0 amide bonds. The van der Waals surface area contributed by atoms with Crippen LogP contribution in [0.3, 0.4) is 0 Å². The van der Waals surface area contributed by atoms with Crippen molar-refractivity contribution in [3.63, 3.8) is 0 Å². The zero-order valence-electron chi connectivity index (χ0n) is 8.86. The molecule has 0 aromatic carbocycles. The minimum atomic E-state index is -4.86. The molecule has 0 bridgehead atoms. The zero-order chi connectivity index (χ0) is 13.3. The minimum Gasteiger partial charge on any atom is -0.260 e. The van der Waals surface area contributed by atoms with Crippen LogP contribution in [0.2, 0.25) is 0 Å². The van der Waals surface area contributed by atoms with E-state index in [-0.39, 0.29) is 12.6 Å². The molecule has 98 valence electrons. The van der Waals surface area contributed by atoms with E-state index in [4.69, 9.17) is 0 Å². The monoisotopic (exact) mass is 260 g/mol. The fourth-order valence-corrected chi connectivity index (χ4v) is 1.26. The molecular weight excluding hydrogens is 250 g/mol. The van der Waals surface area contributed by atoms with Gasteiger partial charge in [-0.15, -0.1) is 0 Å². The summed E-state index contributed by atoms with van der Waals surface area (Å²) in [5.74, 6) is 0. The number of hydrogen-bond donors (Lipinski definition) is 0. The summed E-state index contributed by atoms with van der Waals surface area (Å²) < 4.78 is 74.5. The van der Waals surface area contributed by atoms with Crippen LogP contribution in [-0.4, -0.2) is 9.78 Å². The summed E-state index contributed by atoms with van der Waals surface area (Å²) in [6, 6.07) is 0.0374. The molecule has 0 spiro atoms. The first-order chi connectivity index (χ1) is 7.66. The number of aryl methyl sites for hydroxylation is 1. The standard InChI is InChI=1S/C9H10F6N2/c1-2-3-4-17-7(9(13,14)15)5-6(16-17)8(10,11)12/h5H,2-4H2,1H3. The highest BCUT2D eigenvalue weighted by molar-refractivity contribution is 5.16. The Labute approximate surface area is 93.2 Å². The molecule has 1 heterocycles. The highest BCUT2D eigenvalue weighted by Gasteiger charge is 2.41. The Bertz CT molecular complexity index is 376. The molecule has 0 saturated heterocycles. The van der Waals surface area contributed by atoms with Crippen LogP contribution in [-0.2, 0) is 18.9 Å². The van der Waals surface area contributed by atoms with Gasteiger partial charge in [-0.25, -0.2) is 0 Å². The number of rotatable bonds is 3. The molecule has 0 fully saturated rings. The summed E-state index contributed by atoms with van der Waals surface area (Å²) in [5, 5.41) is 2.96. The molecule has 17 heavy (non-hydrogen) atoms. The average Bonchev–Trinajstić information content (AvgIpc) is 2.56. The van der Waals surface area contributed by atoms with Gasteiger partial charge in [0, 0.05) is 12.6 Å². The maximum absolute atomic E-state index is 12.4. The van der Waals surface area contributed by atoms with E-state index in [0.717, 1.165) is 0 Å². The Morgan fingerprint density at radius 3 is 2.12 bits per heavy atom. The number of alkyl halides is 6. The molecular formula is C9H10F6N2. The Balaban J connectivity index is 3.13. The highest BCUT2D eigenvalue weighted by atomic mass is 19.4. The third-order valence-corrected chi connectivity index (χ3v) is 2.08. The number of hydrogen-bond acceptors (Lipinski definition) is 1. The average molecular weight is 260 g/mol. The van der Waals surface area contributed by atoms with Crippen molar-refractivity contribution < 1.29 is 26.3 Å². The maximum atomic E-state index is 12.4. The Morgan fingerprint density at radius 2 is 1.71 bits per heavy atom. The van der Waals surface area contributed by atoms with Gasteiger partial charge in [-0.2, -0.15) is 31.4 Å². The van der Waals surface area contributed by atoms with Crippen molar-refractivity contribution in [1.82, 2.24) is 9.78 Å². The predicted molar refractivity (Wildman–Crippen MR) is 47.1 cm³/mol. The van der Waals surface area contributed by atoms with Gasteiger partial charge in [0.15, 0.2) is 5.69 Å². The summed E-state index contributed by atoms with van der Waals surface area (Å²) in [6.45, 7) is 1.54. The molecule has 0 saturated carbocycles. The lowest BCUT2D eigenvalue weighted by atomic mass is 10.3. The van der Waals surface area contributed by atoms with E-state index in [2.05, 4.69) is 5.10 Å². The zero-order valence-corrected chi connectivity index (χ0v) is 8.86. The van der Waals surface area contributed by atoms with Crippen molar-refractivity contribution in [3.8, 4) is 0 Å².